The predicted molar refractivity (Wildman–Crippen MR) is 109 cm³/mol. The van der Waals surface area contributed by atoms with Crippen LogP contribution in [-0.4, -0.2) is 22.5 Å². The first-order valence-corrected chi connectivity index (χ1v) is 9.66. The molecule has 0 radical (unpaired) electrons. The van der Waals surface area contributed by atoms with Crippen LogP contribution in [0, 0.1) is 0 Å². The molecule has 4 nitrogen and oxygen atoms in total. The normalized spacial score (nSPS) is 18.0. The molecule has 5 rings (SSSR count). The first kappa shape index (κ1) is 17.0. The first-order valence-electron chi connectivity index (χ1n) is 9.66. The summed E-state index contributed by atoms with van der Waals surface area (Å²) < 4.78 is 0. The maximum Gasteiger partial charge on any atom is 0.254 e. The van der Waals surface area contributed by atoms with Gasteiger partial charge in [-0.3, -0.25) is 4.79 Å². The molecule has 2 aliphatic heterocycles. The number of hydrogen-bond donors (Lipinski definition) is 1. The third kappa shape index (κ3) is 2.96. The fourth-order valence-electron chi connectivity index (χ4n) is 4.27. The van der Waals surface area contributed by atoms with Gasteiger partial charge in [0.1, 0.15) is 0 Å². The van der Waals surface area contributed by atoms with Crippen molar-refractivity contribution in [3.05, 3.63) is 101 Å². The van der Waals surface area contributed by atoms with Gasteiger partial charge in [-0.25, -0.2) is 0 Å². The van der Waals surface area contributed by atoms with Gasteiger partial charge in [-0.1, -0.05) is 54.6 Å². The van der Waals surface area contributed by atoms with Crippen molar-refractivity contribution in [3.63, 3.8) is 0 Å². The molecule has 3 aromatic rings. The number of amides is 1. The van der Waals surface area contributed by atoms with Gasteiger partial charge in [0.25, 0.3) is 5.91 Å². The van der Waals surface area contributed by atoms with Crippen LogP contribution < -0.4 is 4.90 Å². The van der Waals surface area contributed by atoms with Gasteiger partial charge in [-0.05, 0) is 40.5 Å². The second-order valence-corrected chi connectivity index (χ2v) is 7.58. The molecule has 0 fully saturated rings. The maximum atomic E-state index is 13.1. The molecular weight excluding hydrogens is 348 g/mol. The average Bonchev–Trinajstić information content (AvgIpc) is 3.18. The molecule has 1 unspecified atom stereocenters. The van der Waals surface area contributed by atoms with Crippen LogP contribution >= 0.6 is 0 Å². The van der Waals surface area contributed by atoms with Crippen molar-refractivity contribution in [2.24, 2.45) is 0 Å². The summed E-state index contributed by atoms with van der Waals surface area (Å²) in [7, 11) is 0. The van der Waals surface area contributed by atoms with Gasteiger partial charge in [0.2, 0.25) is 0 Å². The minimum absolute atomic E-state index is 0.0351. The summed E-state index contributed by atoms with van der Waals surface area (Å²) in [6.07, 6.45) is -0.634. The predicted octanol–water partition coefficient (Wildman–Crippen LogP) is 3.90. The van der Waals surface area contributed by atoms with E-state index in [4.69, 9.17) is 0 Å². The second kappa shape index (κ2) is 6.80. The summed E-state index contributed by atoms with van der Waals surface area (Å²) in [6.45, 7) is 2.59. The van der Waals surface area contributed by atoms with Gasteiger partial charge >= 0.3 is 0 Å². The lowest BCUT2D eigenvalue weighted by molar-refractivity contribution is 0.0550. The smallest absolute Gasteiger partial charge is 0.254 e. The lowest BCUT2D eigenvalue weighted by Crippen LogP contribution is -2.38. The van der Waals surface area contributed by atoms with Gasteiger partial charge in [0.15, 0.2) is 0 Å². The topological polar surface area (TPSA) is 43.8 Å². The molecule has 4 heteroatoms. The third-order valence-electron chi connectivity index (χ3n) is 5.75. The van der Waals surface area contributed by atoms with Gasteiger partial charge in [-0.15, -0.1) is 0 Å². The van der Waals surface area contributed by atoms with E-state index in [1.807, 2.05) is 42.5 Å². The number of fused-ring (bicyclic) bond motifs is 2. The van der Waals surface area contributed by atoms with Crippen molar-refractivity contribution in [3.8, 4) is 0 Å². The van der Waals surface area contributed by atoms with Crippen LogP contribution in [0.15, 0.2) is 72.8 Å². The van der Waals surface area contributed by atoms with Gasteiger partial charge in [0.05, 0.1) is 12.6 Å². The van der Waals surface area contributed by atoms with Crippen molar-refractivity contribution in [1.82, 2.24) is 4.90 Å². The highest BCUT2D eigenvalue weighted by Gasteiger charge is 2.27. The number of hydrogen-bond acceptors (Lipinski definition) is 3. The summed E-state index contributed by atoms with van der Waals surface area (Å²) in [5, 5.41) is 10.5. The molecule has 1 N–H and O–H groups in total. The number of β-amino-alcohol motifs (C(OH)–C–C–N with tert-alkyl or cyclic N) is 1. The Hall–Kier alpha value is -3.11. The van der Waals surface area contributed by atoms with E-state index in [0.717, 1.165) is 29.9 Å². The summed E-state index contributed by atoms with van der Waals surface area (Å²) in [4.78, 5) is 17.2. The third-order valence-corrected chi connectivity index (χ3v) is 5.75. The number of aliphatic hydroxyl groups excluding tert-OH is 1. The van der Waals surface area contributed by atoms with Crippen LogP contribution in [0.2, 0.25) is 0 Å². The number of aliphatic hydroxyl groups is 1. The number of carbonyl (C=O) groups is 1. The number of anilines is 1. The van der Waals surface area contributed by atoms with E-state index in [-0.39, 0.29) is 5.91 Å². The van der Waals surface area contributed by atoms with E-state index >= 15 is 0 Å². The average molecular weight is 370 g/mol. The molecule has 0 saturated carbocycles. The number of carbonyl (C=O) groups excluding carboxylic acids is 1. The van der Waals surface area contributed by atoms with Crippen LogP contribution in [0.1, 0.15) is 38.7 Å². The van der Waals surface area contributed by atoms with Crippen molar-refractivity contribution in [1.29, 1.82) is 0 Å². The van der Waals surface area contributed by atoms with Gasteiger partial charge in [0, 0.05) is 30.9 Å². The number of nitrogens with zero attached hydrogens (tertiary/aromatic N) is 2. The Bertz CT molecular complexity index is 1020. The van der Waals surface area contributed by atoms with Crippen molar-refractivity contribution in [2.45, 2.75) is 25.7 Å². The Balaban J connectivity index is 1.38. The summed E-state index contributed by atoms with van der Waals surface area (Å²) in [5.41, 5.74) is 6.35. The zero-order valence-electron chi connectivity index (χ0n) is 15.6. The molecule has 140 valence electrons. The molecule has 2 aliphatic rings. The molecule has 0 spiro atoms. The van der Waals surface area contributed by atoms with Crippen molar-refractivity contribution >= 4 is 11.6 Å². The molecule has 2 heterocycles. The fourth-order valence-corrected chi connectivity index (χ4v) is 4.27. The van der Waals surface area contributed by atoms with Crippen molar-refractivity contribution < 1.29 is 9.90 Å². The summed E-state index contributed by atoms with van der Waals surface area (Å²) >= 11 is 0. The second-order valence-electron chi connectivity index (χ2n) is 7.58. The zero-order valence-corrected chi connectivity index (χ0v) is 15.6. The van der Waals surface area contributed by atoms with Crippen LogP contribution in [-0.2, 0) is 19.6 Å². The number of benzene rings is 3. The Morgan fingerprint density at radius 3 is 2.25 bits per heavy atom. The van der Waals surface area contributed by atoms with E-state index in [2.05, 4.69) is 35.2 Å². The SMILES string of the molecule is O=C(c1cccc(N2Cc3ccccc3C2)c1)N1Cc2ccccc2C(O)C1. The highest BCUT2D eigenvalue weighted by Crippen LogP contribution is 2.30. The highest BCUT2D eigenvalue weighted by atomic mass is 16.3. The Morgan fingerprint density at radius 2 is 1.50 bits per heavy atom. The molecule has 28 heavy (non-hydrogen) atoms. The maximum absolute atomic E-state index is 13.1. The van der Waals surface area contributed by atoms with Crippen LogP contribution in [0.4, 0.5) is 5.69 Å². The highest BCUT2D eigenvalue weighted by molar-refractivity contribution is 5.95. The van der Waals surface area contributed by atoms with E-state index in [1.165, 1.54) is 11.1 Å². The van der Waals surface area contributed by atoms with E-state index in [0.29, 0.717) is 18.7 Å². The Labute approximate surface area is 164 Å². The molecule has 0 saturated heterocycles. The summed E-state index contributed by atoms with van der Waals surface area (Å²) in [6, 6.07) is 24.1. The van der Waals surface area contributed by atoms with Gasteiger partial charge in [-0.2, -0.15) is 0 Å². The van der Waals surface area contributed by atoms with E-state index in [9.17, 15) is 9.90 Å². The van der Waals surface area contributed by atoms with Crippen molar-refractivity contribution in [2.75, 3.05) is 11.4 Å². The zero-order chi connectivity index (χ0) is 19.1. The summed E-state index contributed by atoms with van der Waals surface area (Å²) in [5.74, 6) is -0.0351. The molecule has 0 aliphatic carbocycles. The Kier molecular flexibility index (Phi) is 4.14. The molecule has 1 atom stereocenters. The molecular formula is C24H22N2O2. The first-order chi connectivity index (χ1) is 13.7. The molecule has 1 amide bonds. The van der Waals surface area contributed by atoms with Crippen LogP contribution in [0.25, 0.3) is 0 Å². The minimum atomic E-state index is -0.634. The Morgan fingerprint density at radius 1 is 0.821 bits per heavy atom. The lowest BCUT2D eigenvalue weighted by Gasteiger charge is -2.32. The lowest BCUT2D eigenvalue weighted by atomic mass is 9.97. The number of rotatable bonds is 2. The standard InChI is InChI=1S/C24H22N2O2/c27-23-16-26(15-20-8-3-4-11-22(20)23)24(28)17-9-5-10-21(12-17)25-13-18-6-1-2-7-19(18)14-25/h1-12,23,27H,13-16H2. The monoisotopic (exact) mass is 370 g/mol. The minimum Gasteiger partial charge on any atom is -0.387 e. The van der Waals surface area contributed by atoms with Crippen LogP contribution in [0.3, 0.4) is 0 Å². The molecule has 0 bridgehead atoms. The van der Waals surface area contributed by atoms with Gasteiger partial charge < -0.3 is 14.9 Å². The fraction of sp³-hybridized carbons (Fsp3) is 0.208. The van der Waals surface area contributed by atoms with E-state index in [1.54, 1.807) is 4.90 Å². The van der Waals surface area contributed by atoms with E-state index < -0.39 is 6.10 Å². The molecule has 0 aromatic heterocycles. The van der Waals surface area contributed by atoms with Crippen LogP contribution in [0.5, 0.6) is 0 Å². The quantitative estimate of drug-likeness (QED) is 0.744. The largest absolute Gasteiger partial charge is 0.387 e. The molecule has 3 aromatic carbocycles.